The molecule has 0 aromatic heterocycles. The molecule has 0 spiro atoms. The van der Waals surface area contributed by atoms with E-state index in [4.69, 9.17) is 18.9 Å². The fourth-order valence-corrected chi connectivity index (χ4v) is 7.85. The molecule has 0 radical (unpaired) electrons. The molecule has 1 saturated heterocycles. The van der Waals surface area contributed by atoms with E-state index in [1.807, 2.05) is 74.5 Å². The van der Waals surface area contributed by atoms with Crippen LogP contribution in [0.1, 0.15) is 126 Å². The van der Waals surface area contributed by atoms with E-state index >= 15 is 0 Å². The van der Waals surface area contributed by atoms with Crippen LogP contribution in [0.25, 0.3) is 0 Å². The molecule has 2 aromatic carbocycles. The quantitative estimate of drug-likeness (QED) is 0.0445. The predicted octanol–water partition coefficient (Wildman–Crippen LogP) is 6.10. The third-order valence-electron chi connectivity index (χ3n) is 11.2. The number of likely N-dealkylation sites (tertiary alicyclic amines) is 1. The van der Waals surface area contributed by atoms with Gasteiger partial charge in [0.15, 0.2) is 0 Å². The minimum atomic E-state index is -1.48. The molecule has 73 heavy (non-hydrogen) atoms. The van der Waals surface area contributed by atoms with E-state index in [0.717, 1.165) is 11.1 Å². The largest absolute Gasteiger partial charge is 0.467 e. The molecule has 3 atom stereocenters. The molecule has 1 heterocycles. The number of hydrogen-bond donors (Lipinski definition) is 6. The van der Waals surface area contributed by atoms with Gasteiger partial charge in [0.2, 0.25) is 17.7 Å². The molecule has 2 aromatic rings. The molecule has 1 fully saturated rings. The first-order chi connectivity index (χ1) is 34.1. The summed E-state index contributed by atoms with van der Waals surface area (Å²) < 4.78 is 21.2. The van der Waals surface area contributed by atoms with Crippen molar-refractivity contribution in [3.05, 3.63) is 71.8 Å². The van der Waals surface area contributed by atoms with Gasteiger partial charge < -0.3 is 60.6 Å². The number of hydrogen-bond acceptors (Lipinski definition) is 12. The average molecular weight is 1020 g/mol. The van der Waals surface area contributed by atoms with E-state index < -0.39 is 88.5 Å². The first-order valence-corrected chi connectivity index (χ1v) is 25.1. The maximum atomic E-state index is 14.5. The van der Waals surface area contributed by atoms with Crippen molar-refractivity contribution in [1.29, 1.82) is 0 Å². The molecule has 0 unspecified atom stereocenters. The molecule has 1 aliphatic rings. The lowest BCUT2D eigenvalue weighted by Gasteiger charge is -2.41. The first kappa shape index (κ1) is 60.7. The Morgan fingerprint density at radius 3 is 1.64 bits per heavy atom. The number of ether oxygens (including phenoxy) is 4. The summed E-state index contributed by atoms with van der Waals surface area (Å²) in [5.74, 6) is -2.54. The van der Waals surface area contributed by atoms with Crippen LogP contribution in [0.15, 0.2) is 60.7 Å². The molecule has 6 N–H and O–H groups in total. The smallest absolute Gasteiger partial charge is 0.408 e. The van der Waals surface area contributed by atoms with E-state index in [-0.39, 0.29) is 77.3 Å². The minimum Gasteiger partial charge on any atom is -0.467 e. The number of carbonyl (C=O) groups excluding carboxylic acids is 8. The van der Waals surface area contributed by atoms with Crippen LogP contribution >= 0.6 is 0 Å². The van der Waals surface area contributed by atoms with Gasteiger partial charge in [-0.05, 0) is 118 Å². The van der Waals surface area contributed by atoms with Crippen LogP contribution in [0.3, 0.4) is 0 Å². The number of esters is 1. The zero-order valence-corrected chi connectivity index (χ0v) is 45.1. The van der Waals surface area contributed by atoms with Crippen LogP contribution in [0.5, 0.6) is 0 Å². The van der Waals surface area contributed by atoms with E-state index in [9.17, 15) is 38.4 Å². The minimum absolute atomic E-state index is 0.00524. The van der Waals surface area contributed by atoms with Crippen molar-refractivity contribution < 1.29 is 57.3 Å². The van der Waals surface area contributed by atoms with E-state index in [0.29, 0.717) is 12.8 Å². The molecule has 406 valence electrons. The zero-order chi connectivity index (χ0) is 54.6. The summed E-state index contributed by atoms with van der Waals surface area (Å²) in [7, 11) is 1.21. The van der Waals surface area contributed by atoms with Crippen LogP contribution in [-0.4, -0.2) is 138 Å². The maximum Gasteiger partial charge on any atom is 0.408 e. The standard InChI is InChI=1S/C53H82N8O12/c1-36(2)33-40(57-43(63)41(34-37-21-15-13-16-22-37)58-46(66)61(35-38-23-17-14-18-24-38)32-29-55-48(68)72-51(6,7)8)42(62)56-39(25-19-20-28-54-47(67)71-50(3,4)5)44(64)60-30-26-53(27-31-60,45(65)70-12)59-49(69)73-52(9,10)11/h13-18,21-24,36,39-41H,19-20,25-35H2,1-12H3,(H,54,67)(H,55,68)(H,56,62)(H,57,63)(H,58,66)(H,59,69)/t39-,40-,41-/m1/s1. The maximum absolute atomic E-state index is 14.5. The number of carbonyl (C=O) groups is 8. The molecule has 8 amide bonds. The van der Waals surface area contributed by atoms with Crippen molar-refractivity contribution in [2.45, 2.75) is 168 Å². The molecule has 0 bridgehead atoms. The number of methoxy groups -OCH3 is 1. The number of unbranched alkanes of at least 4 members (excludes halogenated alkanes) is 1. The highest BCUT2D eigenvalue weighted by atomic mass is 16.6. The van der Waals surface area contributed by atoms with Crippen LogP contribution < -0.4 is 31.9 Å². The van der Waals surface area contributed by atoms with Gasteiger partial charge >= 0.3 is 30.3 Å². The van der Waals surface area contributed by atoms with Crippen molar-refractivity contribution in [1.82, 2.24) is 41.7 Å². The van der Waals surface area contributed by atoms with Crippen molar-refractivity contribution in [2.24, 2.45) is 5.92 Å². The molecular weight excluding hydrogens is 941 g/mol. The third-order valence-corrected chi connectivity index (χ3v) is 11.2. The van der Waals surface area contributed by atoms with E-state index in [1.54, 1.807) is 62.3 Å². The Morgan fingerprint density at radius 1 is 0.630 bits per heavy atom. The lowest BCUT2D eigenvalue weighted by atomic mass is 9.87. The molecule has 20 nitrogen and oxygen atoms in total. The Morgan fingerprint density at radius 2 is 1.12 bits per heavy atom. The second kappa shape index (κ2) is 28.0. The van der Waals surface area contributed by atoms with Gasteiger partial charge in [-0.3, -0.25) is 14.4 Å². The van der Waals surface area contributed by atoms with E-state index in [2.05, 4.69) is 31.9 Å². The van der Waals surface area contributed by atoms with Gasteiger partial charge in [0, 0.05) is 45.7 Å². The lowest BCUT2D eigenvalue weighted by molar-refractivity contribution is -0.153. The molecule has 3 rings (SSSR count). The fraction of sp³-hybridized carbons (Fsp3) is 0.623. The van der Waals surface area contributed by atoms with Crippen LogP contribution in [0.4, 0.5) is 19.2 Å². The number of piperidine rings is 1. The van der Waals surface area contributed by atoms with Gasteiger partial charge in [0.1, 0.15) is 40.5 Å². The van der Waals surface area contributed by atoms with Crippen molar-refractivity contribution in [3.63, 3.8) is 0 Å². The molecular formula is C53H82N8O12. The monoisotopic (exact) mass is 1020 g/mol. The third kappa shape index (κ3) is 22.8. The highest BCUT2D eigenvalue weighted by molar-refractivity contribution is 5.94. The summed E-state index contributed by atoms with van der Waals surface area (Å²) in [6.45, 7) is 19.9. The average Bonchev–Trinajstić information content (AvgIpc) is 3.28. The molecule has 0 saturated carbocycles. The SMILES string of the molecule is COC(=O)C1(NC(=O)OC(C)(C)C)CCN(C(=O)[C@@H](CCCCNC(=O)OC(C)(C)C)NC(=O)[C@@H](CC(C)C)NC(=O)[C@@H](Cc2ccccc2)NC(=O)N(CCNC(=O)OC(C)(C)C)Cc2ccccc2)CC1. The van der Waals surface area contributed by atoms with Gasteiger partial charge in [-0.1, -0.05) is 74.5 Å². The van der Waals surface area contributed by atoms with Crippen molar-refractivity contribution >= 4 is 48.0 Å². The summed E-state index contributed by atoms with van der Waals surface area (Å²) in [5.41, 5.74) is -2.21. The number of alkyl carbamates (subject to hydrolysis) is 3. The highest BCUT2D eigenvalue weighted by Crippen LogP contribution is 2.26. The van der Waals surface area contributed by atoms with Gasteiger partial charge in [-0.25, -0.2) is 24.0 Å². The van der Waals surface area contributed by atoms with Gasteiger partial charge in [-0.2, -0.15) is 0 Å². The summed E-state index contributed by atoms with van der Waals surface area (Å²) >= 11 is 0. The number of rotatable bonds is 22. The van der Waals surface area contributed by atoms with E-state index in [1.165, 1.54) is 16.9 Å². The van der Waals surface area contributed by atoms with Crippen LogP contribution in [0, 0.1) is 5.92 Å². The van der Waals surface area contributed by atoms with Gasteiger partial charge in [0.05, 0.1) is 7.11 Å². The topological polar surface area (TPSA) is 252 Å². The summed E-state index contributed by atoms with van der Waals surface area (Å²) in [6, 6.07) is 14.3. The number of amides is 8. The number of nitrogens with one attached hydrogen (secondary N) is 6. The summed E-state index contributed by atoms with van der Waals surface area (Å²) in [6.07, 6.45) is -0.885. The Kier molecular flexibility index (Phi) is 23.3. The fourth-order valence-electron chi connectivity index (χ4n) is 7.85. The van der Waals surface area contributed by atoms with Crippen molar-refractivity contribution in [2.75, 3.05) is 39.8 Å². The summed E-state index contributed by atoms with van der Waals surface area (Å²) in [4.78, 5) is 112. The van der Waals surface area contributed by atoms with Gasteiger partial charge in [0.25, 0.3) is 0 Å². The van der Waals surface area contributed by atoms with Gasteiger partial charge in [-0.15, -0.1) is 0 Å². The van der Waals surface area contributed by atoms with Crippen molar-refractivity contribution in [3.8, 4) is 0 Å². The zero-order valence-electron chi connectivity index (χ0n) is 45.1. The molecule has 20 heteroatoms. The number of benzene rings is 2. The normalized spacial score (nSPS) is 14.8. The number of nitrogens with zero attached hydrogens (tertiary/aromatic N) is 2. The second-order valence-electron chi connectivity index (χ2n) is 21.7. The summed E-state index contributed by atoms with van der Waals surface area (Å²) in [5, 5.41) is 16.8. The predicted molar refractivity (Wildman–Crippen MR) is 275 cm³/mol. The lowest BCUT2D eigenvalue weighted by Crippen LogP contribution is -2.63. The van der Waals surface area contributed by atoms with Crippen LogP contribution in [-0.2, 0) is 51.1 Å². The Hall–Kier alpha value is -6.60. The Labute approximate surface area is 431 Å². The molecule has 0 aliphatic carbocycles. The highest BCUT2D eigenvalue weighted by Gasteiger charge is 2.46. The second-order valence-corrected chi connectivity index (χ2v) is 21.7. The number of urea groups is 1. The van der Waals surface area contributed by atoms with Crippen LogP contribution in [0.2, 0.25) is 0 Å². The Balaban J connectivity index is 1.90. The first-order valence-electron chi connectivity index (χ1n) is 25.1. The Bertz CT molecular complexity index is 2130. The molecule has 1 aliphatic heterocycles.